The molecule has 2 unspecified atom stereocenters. The standard InChI is InChI=1S/C23H24BrNO4/c1-13-7-17(24)8-14(2)21(13)22-19(26)10-16(23(22)28)11-20(27)25-12-15-5-4-6-18(9-15)29-3/h4-9,16,22H,10-12H2,1-3H3,(H,25,27). The van der Waals surface area contributed by atoms with Crippen LogP contribution in [0.25, 0.3) is 0 Å². The van der Waals surface area contributed by atoms with Gasteiger partial charge in [0.15, 0.2) is 5.78 Å². The van der Waals surface area contributed by atoms with Crippen molar-refractivity contribution in [2.45, 2.75) is 39.2 Å². The van der Waals surface area contributed by atoms with Crippen molar-refractivity contribution >= 4 is 33.4 Å². The Morgan fingerprint density at radius 3 is 2.52 bits per heavy atom. The first kappa shape index (κ1) is 21.2. The van der Waals surface area contributed by atoms with Crippen LogP contribution in [0.1, 0.15) is 41.0 Å². The number of halogens is 1. The SMILES string of the molecule is COc1cccc(CNC(=O)CC2CC(=O)C(c3c(C)cc(Br)cc3C)C2=O)c1. The van der Waals surface area contributed by atoms with E-state index in [1.807, 2.05) is 50.2 Å². The van der Waals surface area contributed by atoms with E-state index < -0.39 is 11.8 Å². The number of hydrogen-bond donors (Lipinski definition) is 1. The number of Topliss-reactive ketones (excluding diaryl/α,β-unsaturated/α-hetero) is 2. The Morgan fingerprint density at radius 1 is 1.17 bits per heavy atom. The van der Waals surface area contributed by atoms with Gasteiger partial charge in [-0.3, -0.25) is 14.4 Å². The lowest BCUT2D eigenvalue weighted by Crippen LogP contribution is -2.27. The number of benzene rings is 2. The molecule has 0 saturated heterocycles. The Kier molecular flexibility index (Phi) is 6.52. The smallest absolute Gasteiger partial charge is 0.221 e. The van der Waals surface area contributed by atoms with E-state index in [9.17, 15) is 14.4 Å². The predicted octanol–water partition coefficient (Wildman–Crippen LogP) is 4.02. The minimum Gasteiger partial charge on any atom is -0.497 e. The van der Waals surface area contributed by atoms with Crippen molar-refractivity contribution < 1.29 is 19.1 Å². The second-order valence-electron chi connectivity index (χ2n) is 7.49. The molecule has 0 bridgehead atoms. The van der Waals surface area contributed by atoms with Crippen LogP contribution in [0.15, 0.2) is 40.9 Å². The third-order valence-corrected chi connectivity index (χ3v) is 5.82. The lowest BCUT2D eigenvalue weighted by Gasteiger charge is -2.16. The second-order valence-corrected chi connectivity index (χ2v) is 8.40. The monoisotopic (exact) mass is 457 g/mol. The van der Waals surface area contributed by atoms with E-state index >= 15 is 0 Å². The van der Waals surface area contributed by atoms with Crippen molar-refractivity contribution in [1.82, 2.24) is 5.32 Å². The third kappa shape index (κ3) is 4.75. The molecule has 2 aromatic carbocycles. The Bertz CT molecular complexity index is 946. The molecule has 1 aliphatic rings. The maximum Gasteiger partial charge on any atom is 0.221 e. The average Bonchev–Trinajstić information content (AvgIpc) is 2.93. The van der Waals surface area contributed by atoms with E-state index in [2.05, 4.69) is 21.2 Å². The molecule has 0 spiro atoms. The number of aryl methyl sites for hydroxylation is 2. The summed E-state index contributed by atoms with van der Waals surface area (Å²) in [5.74, 6) is -1.10. The molecule has 2 atom stereocenters. The lowest BCUT2D eigenvalue weighted by atomic mass is 9.87. The Balaban J connectivity index is 1.66. The van der Waals surface area contributed by atoms with Crippen LogP contribution in [0.5, 0.6) is 5.75 Å². The highest BCUT2D eigenvalue weighted by atomic mass is 79.9. The van der Waals surface area contributed by atoms with Crippen LogP contribution in [0.3, 0.4) is 0 Å². The van der Waals surface area contributed by atoms with Crippen LogP contribution in [0, 0.1) is 19.8 Å². The fourth-order valence-corrected chi connectivity index (χ4v) is 4.67. The van der Waals surface area contributed by atoms with Gasteiger partial charge in [-0.1, -0.05) is 28.1 Å². The fourth-order valence-electron chi connectivity index (χ4n) is 3.99. The number of carbonyl (C=O) groups excluding carboxylic acids is 3. The molecule has 0 heterocycles. The van der Waals surface area contributed by atoms with Crippen LogP contribution in [-0.4, -0.2) is 24.6 Å². The van der Waals surface area contributed by atoms with Gasteiger partial charge in [-0.2, -0.15) is 0 Å². The second kappa shape index (κ2) is 8.91. The van der Waals surface area contributed by atoms with Crippen molar-refractivity contribution in [3.8, 4) is 5.75 Å². The molecule has 0 radical (unpaired) electrons. The van der Waals surface area contributed by atoms with Crippen LogP contribution >= 0.6 is 15.9 Å². The summed E-state index contributed by atoms with van der Waals surface area (Å²) in [6.45, 7) is 4.16. The topological polar surface area (TPSA) is 72.5 Å². The fraction of sp³-hybridized carbons (Fsp3) is 0.348. The number of methoxy groups -OCH3 is 1. The zero-order valence-corrected chi connectivity index (χ0v) is 18.3. The maximum absolute atomic E-state index is 13.0. The van der Waals surface area contributed by atoms with E-state index in [0.717, 1.165) is 32.5 Å². The van der Waals surface area contributed by atoms with Gasteiger partial charge < -0.3 is 10.1 Å². The number of nitrogens with one attached hydrogen (secondary N) is 1. The van der Waals surface area contributed by atoms with Crippen molar-refractivity contribution in [2.75, 3.05) is 7.11 Å². The van der Waals surface area contributed by atoms with E-state index in [1.165, 1.54) is 0 Å². The summed E-state index contributed by atoms with van der Waals surface area (Å²) in [7, 11) is 1.59. The lowest BCUT2D eigenvalue weighted by molar-refractivity contribution is -0.128. The summed E-state index contributed by atoms with van der Waals surface area (Å²) < 4.78 is 6.10. The minimum atomic E-state index is -0.765. The first-order valence-electron chi connectivity index (χ1n) is 9.53. The van der Waals surface area contributed by atoms with Gasteiger partial charge in [-0.25, -0.2) is 0 Å². The van der Waals surface area contributed by atoms with Crippen LogP contribution in [0.2, 0.25) is 0 Å². The van der Waals surface area contributed by atoms with Crippen molar-refractivity contribution in [2.24, 2.45) is 5.92 Å². The summed E-state index contributed by atoms with van der Waals surface area (Å²) in [6.07, 6.45) is 0.144. The summed E-state index contributed by atoms with van der Waals surface area (Å²) in [5.41, 5.74) is 3.51. The molecule has 5 nitrogen and oxygen atoms in total. The van der Waals surface area contributed by atoms with Crippen molar-refractivity contribution in [1.29, 1.82) is 0 Å². The van der Waals surface area contributed by atoms with Gasteiger partial charge >= 0.3 is 0 Å². The van der Waals surface area contributed by atoms with Gasteiger partial charge in [0.25, 0.3) is 0 Å². The summed E-state index contributed by atoms with van der Waals surface area (Å²) >= 11 is 3.45. The quantitative estimate of drug-likeness (QED) is 0.664. The highest BCUT2D eigenvalue weighted by Crippen LogP contribution is 2.38. The normalized spacial score (nSPS) is 18.8. The zero-order valence-electron chi connectivity index (χ0n) is 16.8. The number of ketones is 2. The molecule has 1 saturated carbocycles. The molecule has 6 heteroatoms. The minimum absolute atomic E-state index is 0.0274. The predicted molar refractivity (Wildman–Crippen MR) is 114 cm³/mol. The van der Waals surface area contributed by atoms with E-state index in [-0.39, 0.29) is 30.3 Å². The molecular formula is C23H24BrNO4. The Hall–Kier alpha value is -2.47. The number of amides is 1. The molecule has 1 amide bonds. The Morgan fingerprint density at radius 2 is 1.86 bits per heavy atom. The molecule has 29 heavy (non-hydrogen) atoms. The molecule has 0 aromatic heterocycles. The molecule has 2 aromatic rings. The number of hydrogen-bond acceptors (Lipinski definition) is 4. The molecule has 1 N–H and O–H groups in total. The molecule has 1 fully saturated rings. The summed E-state index contributed by atoms with van der Waals surface area (Å²) in [4.78, 5) is 38.0. The van der Waals surface area contributed by atoms with Crippen LogP contribution in [0.4, 0.5) is 0 Å². The van der Waals surface area contributed by atoms with Gasteiger partial charge in [0.05, 0.1) is 7.11 Å². The zero-order chi connectivity index (χ0) is 21.1. The summed E-state index contributed by atoms with van der Waals surface area (Å²) in [6, 6.07) is 11.3. The molecule has 0 aliphatic heterocycles. The van der Waals surface area contributed by atoms with Gasteiger partial charge in [0.2, 0.25) is 5.91 Å². The molecule has 1 aliphatic carbocycles. The third-order valence-electron chi connectivity index (χ3n) is 5.36. The van der Waals surface area contributed by atoms with Gasteiger partial charge in [-0.05, 0) is 60.4 Å². The maximum atomic E-state index is 13.0. The van der Waals surface area contributed by atoms with Crippen LogP contribution in [-0.2, 0) is 20.9 Å². The van der Waals surface area contributed by atoms with E-state index in [1.54, 1.807) is 7.11 Å². The van der Waals surface area contributed by atoms with Crippen LogP contribution < -0.4 is 10.1 Å². The highest BCUT2D eigenvalue weighted by Gasteiger charge is 2.43. The molecule has 3 rings (SSSR count). The molecule has 152 valence electrons. The molecular weight excluding hydrogens is 434 g/mol. The van der Waals surface area contributed by atoms with Gasteiger partial charge in [0.1, 0.15) is 17.5 Å². The van der Waals surface area contributed by atoms with Crippen molar-refractivity contribution in [3.63, 3.8) is 0 Å². The number of ether oxygens (including phenoxy) is 1. The highest BCUT2D eigenvalue weighted by molar-refractivity contribution is 9.10. The summed E-state index contributed by atoms with van der Waals surface area (Å²) in [5, 5.41) is 2.83. The number of rotatable bonds is 6. The Labute approximate surface area is 179 Å². The van der Waals surface area contributed by atoms with E-state index in [4.69, 9.17) is 4.74 Å². The first-order chi connectivity index (χ1) is 13.8. The van der Waals surface area contributed by atoms with Gasteiger partial charge in [-0.15, -0.1) is 0 Å². The first-order valence-corrected chi connectivity index (χ1v) is 10.3. The average molecular weight is 458 g/mol. The van der Waals surface area contributed by atoms with Gasteiger partial charge in [0, 0.05) is 29.8 Å². The number of carbonyl (C=O) groups is 3. The largest absolute Gasteiger partial charge is 0.497 e. The van der Waals surface area contributed by atoms with Crippen molar-refractivity contribution in [3.05, 3.63) is 63.1 Å². The van der Waals surface area contributed by atoms with E-state index in [0.29, 0.717) is 6.54 Å².